The minimum absolute atomic E-state index is 0.0180. The van der Waals surface area contributed by atoms with Crippen LogP contribution in [0.1, 0.15) is 23.2 Å². The highest BCUT2D eigenvalue weighted by Crippen LogP contribution is 2.31. The largest absolute Gasteiger partial charge is 0.478 e. The van der Waals surface area contributed by atoms with Crippen molar-refractivity contribution in [3.05, 3.63) is 32.8 Å². The number of benzene rings is 1. The minimum Gasteiger partial charge on any atom is -0.478 e. The highest BCUT2D eigenvalue weighted by atomic mass is 35.5. The van der Waals surface area contributed by atoms with Gasteiger partial charge in [0.15, 0.2) is 0 Å². The molecule has 1 rings (SSSR count). The summed E-state index contributed by atoms with van der Waals surface area (Å²) in [6.07, 6.45) is 1.20. The monoisotopic (exact) mass is 288 g/mol. The lowest BCUT2D eigenvalue weighted by Gasteiger charge is -2.11. The van der Waals surface area contributed by atoms with E-state index in [0.29, 0.717) is 19.4 Å². The van der Waals surface area contributed by atoms with E-state index in [1.54, 1.807) is 0 Å². The summed E-state index contributed by atoms with van der Waals surface area (Å²) in [6.45, 7) is 0.458. The van der Waals surface area contributed by atoms with Gasteiger partial charge in [-0.15, -0.1) is 0 Å². The van der Waals surface area contributed by atoms with E-state index in [1.807, 2.05) is 0 Å². The molecule has 0 heterocycles. The van der Waals surface area contributed by atoms with Gasteiger partial charge in [0, 0.05) is 25.3 Å². The summed E-state index contributed by atoms with van der Waals surface area (Å²) in [5.74, 6) is -1.30. The number of carbonyl (C=O) groups is 1. The Balaban J connectivity index is 3.01. The molecule has 0 aliphatic heterocycles. The number of nitrogens with one attached hydrogen (secondary N) is 1. The molecule has 19 heavy (non-hydrogen) atoms. The molecule has 0 unspecified atom stereocenters. The number of hydrogen-bond acceptors (Lipinski definition) is 5. The molecule has 8 heteroatoms. The normalized spacial score (nSPS) is 10.2. The standard InChI is InChI=1S/C11H13ClN2O5/c12-9-6-7(14(18)19)5-8(11(16)17)10(9)13-3-1-2-4-15/h5-6,13,15H,1-4H2,(H,16,17). The predicted molar refractivity (Wildman–Crippen MR) is 69.9 cm³/mol. The first kappa shape index (κ1) is 15.2. The molecule has 104 valence electrons. The van der Waals surface area contributed by atoms with Crippen molar-refractivity contribution in [1.29, 1.82) is 0 Å². The van der Waals surface area contributed by atoms with Gasteiger partial charge in [-0.3, -0.25) is 10.1 Å². The molecule has 0 atom stereocenters. The maximum Gasteiger partial charge on any atom is 0.338 e. The van der Waals surface area contributed by atoms with Crippen molar-refractivity contribution in [2.24, 2.45) is 0 Å². The second kappa shape index (κ2) is 6.91. The number of carboxylic acid groups (broad SMARTS) is 1. The Labute approximate surface area is 114 Å². The minimum atomic E-state index is -1.30. The number of aliphatic hydroxyl groups is 1. The number of nitro benzene ring substituents is 1. The first-order chi connectivity index (χ1) is 8.97. The van der Waals surface area contributed by atoms with Gasteiger partial charge in [-0.2, -0.15) is 0 Å². The van der Waals surface area contributed by atoms with Crippen LogP contribution >= 0.6 is 11.6 Å². The van der Waals surface area contributed by atoms with Gasteiger partial charge in [0.1, 0.15) is 0 Å². The van der Waals surface area contributed by atoms with Gasteiger partial charge in [0.05, 0.1) is 21.2 Å². The van der Waals surface area contributed by atoms with Crippen molar-refractivity contribution in [2.45, 2.75) is 12.8 Å². The Morgan fingerprint density at radius 2 is 2.11 bits per heavy atom. The van der Waals surface area contributed by atoms with Crippen molar-refractivity contribution in [3.63, 3.8) is 0 Å². The highest BCUT2D eigenvalue weighted by Gasteiger charge is 2.19. The molecule has 0 aromatic heterocycles. The third-order valence-corrected chi connectivity index (χ3v) is 2.70. The molecular weight excluding hydrogens is 276 g/mol. The summed E-state index contributed by atoms with van der Waals surface area (Å²) in [7, 11) is 0. The van der Waals surface area contributed by atoms with E-state index in [1.165, 1.54) is 0 Å². The smallest absolute Gasteiger partial charge is 0.338 e. The summed E-state index contributed by atoms with van der Waals surface area (Å²) in [6, 6.07) is 2.06. The molecule has 0 fully saturated rings. The number of anilines is 1. The third-order valence-electron chi connectivity index (χ3n) is 2.40. The molecule has 7 nitrogen and oxygen atoms in total. The van der Waals surface area contributed by atoms with Crippen LogP contribution < -0.4 is 5.32 Å². The first-order valence-corrected chi connectivity index (χ1v) is 5.91. The SMILES string of the molecule is O=C(O)c1cc([N+](=O)[O-])cc(Cl)c1NCCCCO. The number of nitro groups is 1. The van der Waals surface area contributed by atoms with Crippen LogP contribution in [0.15, 0.2) is 12.1 Å². The lowest BCUT2D eigenvalue weighted by molar-refractivity contribution is -0.384. The Kier molecular flexibility index (Phi) is 5.53. The number of unbranched alkanes of at least 4 members (excludes halogenated alkanes) is 1. The van der Waals surface area contributed by atoms with Crippen LogP contribution in [0.25, 0.3) is 0 Å². The van der Waals surface area contributed by atoms with E-state index in [-0.39, 0.29) is 28.6 Å². The molecule has 0 amide bonds. The fourth-order valence-electron chi connectivity index (χ4n) is 1.50. The van der Waals surface area contributed by atoms with Gasteiger partial charge in [0.25, 0.3) is 5.69 Å². The number of nitrogens with zero attached hydrogens (tertiary/aromatic N) is 1. The summed E-state index contributed by atoms with van der Waals surface area (Å²) in [4.78, 5) is 21.0. The Hall–Kier alpha value is -1.86. The van der Waals surface area contributed by atoms with Crippen LogP contribution in [0.5, 0.6) is 0 Å². The summed E-state index contributed by atoms with van der Waals surface area (Å²) >= 11 is 5.86. The predicted octanol–water partition coefficient (Wildman–Crippen LogP) is 2.13. The number of carboxylic acids is 1. The van der Waals surface area contributed by atoms with Crippen molar-refractivity contribution in [1.82, 2.24) is 0 Å². The zero-order valence-electron chi connectivity index (χ0n) is 9.93. The van der Waals surface area contributed by atoms with Gasteiger partial charge in [-0.05, 0) is 12.8 Å². The van der Waals surface area contributed by atoms with Gasteiger partial charge < -0.3 is 15.5 Å². The van der Waals surface area contributed by atoms with Crippen LogP contribution in [0.2, 0.25) is 5.02 Å². The van der Waals surface area contributed by atoms with Gasteiger partial charge in [0.2, 0.25) is 0 Å². The fraction of sp³-hybridized carbons (Fsp3) is 0.364. The molecule has 1 aromatic rings. The van der Waals surface area contributed by atoms with Crippen molar-refractivity contribution in [2.75, 3.05) is 18.5 Å². The zero-order valence-corrected chi connectivity index (χ0v) is 10.7. The quantitative estimate of drug-likeness (QED) is 0.402. The van der Waals surface area contributed by atoms with Crippen molar-refractivity contribution in [3.8, 4) is 0 Å². The summed E-state index contributed by atoms with van der Waals surface area (Å²) in [5, 5.41) is 31.1. The lowest BCUT2D eigenvalue weighted by atomic mass is 10.1. The van der Waals surface area contributed by atoms with Crippen LogP contribution in [-0.4, -0.2) is 34.3 Å². The molecule has 0 aliphatic rings. The molecule has 0 saturated carbocycles. The van der Waals surface area contributed by atoms with E-state index in [0.717, 1.165) is 12.1 Å². The molecule has 0 aliphatic carbocycles. The number of hydrogen-bond donors (Lipinski definition) is 3. The maximum atomic E-state index is 11.1. The number of aliphatic hydroxyl groups excluding tert-OH is 1. The average molecular weight is 289 g/mol. The number of non-ortho nitro benzene ring substituents is 1. The van der Waals surface area contributed by atoms with E-state index in [9.17, 15) is 14.9 Å². The lowest BCUT2D eigenvalue weighted by Crippen LogP contribution is -2.09. The molecular formula is C11H13ClN2O5. The summed E-state index contributed by atoms with van der Waals surface area (Å²) < 4.78 is 0. The first-order valence-electron chi connectivity index (χ1n) is 5.53. The maximum absolute atomic E-state index is 11.1. The van der Waals surface area contributed by atoms with E-state index in [2.05, 4.69) is 5.32 Å². The van der Waals surface area contributed by atoms with Crippen molar-refractivity contribution >= 4 is 28.9 Å². The van der Waals surface area contributed by atoms with E-state index in [4.69, 9.17) is 21.8 Å². The van der Waals surface area contributed by atoms with E-state index < -0.39 is 10.9 Å². The average Bonchev–Trinajstić information content (AvgIpc) is 2.35. The third kappa shape index (κ3) is 4.08. The second-order valence-corrected chi connectivity index (χ2v) is 4.18. The van der Waals surface area contributed by atoms with Gasteiger partial charge in [-0.25, -0.2) is 4.79 Å². The van der Waals surface area contributed by atoms with Gasteiger partial charge in [-0.1, -0.05) is 11.6 Å². The molecule has 3 N–H and O–H groups in total. The number of halogens is 1. The van der Waals surface area contributed by atoms with Crippen LogP contribution in [0, 0.1) is 10.1 Å². The van der Waals surface area contributed by atoms with Crippen LogP contribution in [0.3, 0.4) is 0 Å². The summed E-state index contributed by atoms with van der Waals surface area (Å²) in [5.41, 5.74) is -0.468. The molecule has 0 spiro atoms. The second-order valence-electron chi connectivity index (χ2n) is 3.77. The molecule has 1 aromatic carbocycles. The van der Waals surface area contributed by atoms with E-state index >= 15 is 0 Å². The Morgan fingerprint density at radius 1 is 1.42 bits per heavy atom. The Morgan fingerprint density at radius 3 is 2.63 bits per heavy atom. The molecule has 0 saturated heterocycles. The van der Waals surface area contributed by atoms with Crippen LogP contribution in [0.4, 0.5) is 11.4 Å². The zero-order chi connectivity index (χ0) is 14.4. The molecule has 0 radical (unpaired) electrons. The number of rotatable bonds is 7. The Bertz CT molecular complexity index is 492. The topological polar surface area (TPSA) is 113 Å². The fourth-order valence-corrected chi connectivity index (χ4v) is 1.78. The van der Waals surface area contributed by atoms with Crippen LogP contribution in [-0.2, 0) is 0 Å². The highest BCUT2D eigenvalue weighted by molar-refractivity contribution is 6.34. The van der Waals surface area contributed by atoms with Gasteiger partial charge >= 0.3 is 5.97 Å². The molecule has 0 bridgehead atoms. The number of aromatic carboxylic acids is 1. The van der Waals surface area contributed by atoms with Crippen molar-refractivity contribution < 1.29 is 19.9 Å².